The molecule has 0 aromatic heterocycles. The summed E-state index contributed by atoms with van der Waals surface area (Å²) in [6.07, 6.45) is 0.757. The van der Waals surface area contributed by atoms with E-state index in [0.717, 1.165) is 34.7 Å². The molecule has 0 bridgehead atoms. The van der Waals surface area contributed by atoms with Crippen LogP contribution in [0, 0.1) is 5.92 Å². The fraction of sp³-hybridized carbons (Fsp3) is 0.296. The number of hydrogen-bond acceptors (Lipinski definition) is 4. The number of rotatable bonds is 11. The molecule has 0 aliphatic carbocycles. The lowest BCUT2D eigenvalue weighted by Crippen LogP contribution is -2.42. The number of carbonyl (C=O) groups is 1. The monoisotopic (exact) mass is 431 g/mol. The highest BCUT2D eigenvalue weighted by molar-refractivity contribution is 5.85. The van der Waals surface area contributed by atoms with E-state index in [0.29, 0.717) is 19.0 Å². The first kappa shape index (κ1) is 23.2. The van der Waals surface area contributed by atoms with Crippen molar-refractivity contribution in [1.29, 1.82) is 0 Å². The van der Waals surface area contributed by atoms with Crippen LogP contribution in [-0.4, -0.2) is 32.1 Å². The third-order valence-electron chi connectivity index (χ3n) is 5.18. The fourth-order valence-electron chi connectivity index (χ4n) is 3.55. The number of benzene rings is 3. The van der Waals surface area contributed by atoms with Crippen LogP contribution < -0.4 is 20.7 Å². The molecule has 0 unspecified atom stereocenters. The van der Waals surface area contributed by atoms with Crippen LogP contribution in [0.15, 0.2) is 78.9 Å². The van der Waals surface area contributed by atoms with Crippen LogP contribution in [0.25, 0.3) is 11.1 Å². The molecule has 0 spiro atoms. The van der Waals surface area contributed by atoms with Gasteiger partial charge in [-0.2, -0.15) is 0 Å². The molecular formula is C27H33N3O2. The first-order valence-corrected chi connectivity index (χ1v) is 11.1. The Morgan fingerprint density at radius 3 is 2.25 bits per heavy atom. The lowest BCUT2D eigenvalue weighted by molar-refractivity contribution is -0.122. The highest BCUT2D eigenvalue weighted by Gasteiger charge is 2.19. The van der Waals surface area contributed by atoms with E-state index in [2.05, 4.69) is 54.1 Å². The average Bonchev–Trinajstić information content (AvgIpc) is 2.82. The zero-order valence-electron chi connectivity index (χ0n) is 19.1. The fourth-order valence-corrected chi connectivity index (χ4v) is 3.55. The van der Waals surface area contributed by atoms with Crippen molar-refractivity contribution in [2.24, 2.45) is 5.92 Å². The van der Waals surface area contributed by atoms with Crippen molar-refractivity contribution < 1.29 is 9.53 Å². The molecule has 0 saturated carbocycles. The molecule has 0 heterocycles. The number of hydrogen-bond donors (Lipinski definition) is 3. The molecule has 3 rings (SSSR count). The van der Waals surface area contributed by atoms with Crippen molar-refractivity contribution >= 4 is 17.3 Å². The van der Waals surface area contributed by atoms with E-state index >= 15 is 0 Å². The van der Waals surface area contributed by atoms with E-state index < -0.39 is 0 Å². The predicted molar refractivity (Wildman–Crippen MR) is 133 cm³/mol. The SMILES string of the molecule is COc1ccc(NCCNC(=O)[C@H](CC(C)C)Nc2cccc(-c3ccccc3)c2)cc1. The number of methoxy groups -OCH3 is 1. The summed E-state index contributed by atoms with van der Waals surface area (Å²) in [4.78, 5) is 12.9. The van der Waals surface area contributed by atoms with Crippen molar-refractivity contribution in [2.45, 2.75) is 26.3 Å². The molecular weight excluding hydrogens is 398 g/mol. The lowest BCUT2D eigenvalue weighted by atomic mass is 10.0. The number of amides is 1. The van der Waals surface area contributed by atoms with Crippen LogP contribution in [0.4, 0.5) is 11.4 Å². The van der Waals surface area contributed by atoms with Crippen LogP contribution in [-0.2, 0) is 4.79 Å². The van der Waals surface area contributed by atoms with Crippen LogP contribution in [0.3, 0.4) is 0 Å². The standard InChI is InChI=1S/C27H33N3O2/c1-20(2)18-26(27(31)29-17-16-28-23-12-14-25(32-3)15-13-23)30-24-11-7-10-22(19-24)21-8-5-4-6-9-21/h4-15,19-20,26,28,30H,16-18H2,1-3H3,(H,29,31)/t26-/m0/s1. The molecule has 0 radical (unpaired) electrons. The molecule has 3 N–H and O–H groups in total. The summed E-state index contributed by atoms with van der Waals surface area (Å²) in [6.45, 7) is 5.46. The van der Waals surface area contributed by atoms with E-state index in [-0.39, 0.29) is 11.9 Å². The van der Waals surface area contributed by atoms with E-state index in [1.165, 1.54) is 0 Å². The summed E-state index contributed by atoms with van der Waals surface area (Å²) in [5, 5.41) is 9.82. The Bertz CT molecular complexity index is 972. The molecule has 0 aliphatic rings. The molecule has 3 aromatic rings. The van der Waals surface area contributed by atoms with E-state index in [9.17, 15) is 4.79 Å². The maximum atomic E-state index is 12.9. The van der Waals surface area contributed by atoms with Crippen molar-refractivity contribution in [2.75, 3.05) is 30.8 Å². The van der Waals surface area contributed by atoms with Gasteiger partial charge in [0.2, 0.25) is 5.91 Å². The summed E-state index contributed by atoms with van der Waals surface area (Å²) in [6, 6.07) is 25.9. The summed E-state index contributed by atoms with van der Waals surface area (Å²) in [7, 11) is 1.65. The van der Waals surface area contributed by atoms with Crippen molar-refractivity contribution in [3.63, 3.8) is 0 Å². The Labute approximate surface area is 191 Å². The second kappa shape index (κ2) is 11.8. The Morgan fingerprint density at radius 2 is 1.56 bits per heavy atom. The smallest absolute Gasteiger partial charge is 0.242 e. The third kappa shape index (κ3) is 7.05. The summed E-state index contributed by atoms with van der Waals surface area (Å²) >= 11 is 0. The van der Waals surface area contributed by atoms with Gasteiger partial charge in [0.1, 0.15) is 11.8 Å². The van der Waals surface area contributed by atoms with Gasteiger partial charge in [0.15, 0.2) is 0 Å². The number of anilines is 2. The maximum absolute atomic E-state index is 12.9. The van der Waals surface area contributed by atoms with Crippen molar-refractivity contribution in [1.82, 2.24) is 5.32 Å². The largest absolute Gasteiger partial charge is 0.497 e. The quantitative estimate of drug-likeness (QED) is 0.355. The number of nitrogens with one attached hydrogen (secondary N) is 3. The van der Waals surface area contributed by atoms with Crippen molar-refractivity contribution in [3.05, 3.63) is 78.9 Å². The van der Waals surface area contributed by atoms with Crippen LogP contribution in [0.2, 0.25) is 0 Å². The zero-order valence-corrected chi connectivity index (χ0v) is 19.1. The molecule has 32 heavy (non-hydrogen) atoms. The topological polar surface area (TPSA) is 62.4 Å². The lowest BCUT2D eigenvalue weighted by Gasteiger charge is -2.22. The highest BCUT2D eigenvalue weighted by Crippen LogP contribution is 2.23. The Morgan fingerprint density at radius 1 is 0.844 bits per heavy atom. The van der Waals surface area contributed by atoms with Gasteiger partial charge in [-0.3, -0.25) is 4.79 Å². The third-order valence-corrected chi connectivity index (χ3v) is 5.18. The molecule has 1 amide bonds. The molecule has 0 saturated heterocycles. The average molecular weight is 432 g/mol. The predicted octanol–water partition coefficient (Wildman–Crippen LogP) is 5.42. The second-order valence-corrected chi connectivity index (χ2v) is 8.22. The molecule has 0 aliphatic heterocycles. The van der Waals surface area contributed by atoms with Gasteiger partial charge in [-0.1, -0.05) is 56.3 Å². The molecule has 1 atom stereocenters. The molecule has 3 aromatic carbocycles. The van der Waals surface area contributed by atoms with Crippen molar-refractivity contribution in [3.8, 4) is 16.9 Å². The van der Waals surface area contributed by atoms with Crippen LogP contribution in [0.1, 0.15) is 20.3 Å². The minimum Gasteiger partial charge on any atom is -0.497 e. The molecule has 5 nitrogen and oxygen atoms in total. The van der Waals surface area contributed by atoms with E-state index in [1.54, 1.807) is 7.11 Å². The van der Waals surface area contributed by atoms with E-state index in [4.69, 9.17) is 4.74 Å². The number of carbonyl (C=O) groups excluding carboxylic acids is 1. The van der Waals surface area contributed by atoms with E-state index in [1.807, 2.05) is 54.6 Å². The molecule has 5 heteroatoms. The summed E-state index contributed by atoms with van der Waals surface area (Å²) in [5.74, 6) is 1.23. The van der Waals surface area contributed by atoms with Crippen LogP contribution in [0.5, 0.6) is 5.75 Å². The second-order valence-electron chi connectivity index (χ2n) is 8.22. The summed E-state index contributed by atoms with van der Waals surface area (Å²) in [5.41, 5.74) is 4.23. The van der Waals surface area contributed by atoms with Gasteiger partial charge in [-0.05, 0) is 59.9 Å². The Kier molecular flexibility index (Phi) is 8.55. The van der Waals surface area contributed by atoms with Gasteiger partial charge < -0.3 is 20.7 Å². The number of ether oxygens (including phenoxy) is 1. The highest BCUT2D eigenvalue weighted by atomic mass is 16.5. The summed E-state index contributed by atoms with van der Waals surface area (Å²) < 4.78 is 5.17. The maximum Gasteiger partial charge on any atom is 0.242 e. The molecule has 168 valence electrons. The minimum absolute atomic E-state index is 0.0142. The normalized spacial score (nSPS) is 11.6. The Hall–Kier alpha value is -3.47. The van der Waals surface area contributed by atoms with Gasteiger partial charge in [0.05, 0.1) is 7.11 Å². The molecule has 0 fully saturated rings. The minimum atomic E-state index is -0.290. The van der Waals surface area contributed by atoms with Gasteiger partial charge in [-0.25, -0.2) is 0 Å². The zero-order chi connectivity index (χ0) is 22.8. The van der Waals surface area contributed by atoms with Gasteiger partial charge in [0, 0.05) is 24.5 Å². The van der Waals surface area contributed by atoms with Gasteiger partial charge in [0.25, 0.3) is 0 Å². The van der Waals surface area contributed by atoms with Gasteiger partial charge in [-0.15, -0.1) is 0 Å². The Balaban J connectivity index is 1.56. The first-order valence-electron chi connectivity index (χ1n) is 11.1. The van der Waals surface area contributed by atoms with Gasteiger partial charge >= 0.3 is 0 Å². The first-order chi connectivity index (χ1) is 15.5. The van der Waals surface area contributed by atoms with Crippen LogP contribution >= 0.6 is 0 Å².